The Labute approximate surface area is 105 Å². The minimum atomic E-state index is -0.0567. The highest BCUT2D eigenvalue weighted by atomic mass is 17.1. The molecule has 0 aromatic heterocycles. The van der Waals surface area contributed by atoms with Crippen LogP contribution in [-0.4, -0.2) is 11.4 Å². The van der Waals surface area contributed by atoms with Gasteiger partial charge >= 0.3 is 0 Å². The SMILES string of the molecule is CC(OO)C(C)(C)C12CC3CC(CC(C3)C1)C2. The molecule has 4 aliphatic rings. The lowest BCUT2D eigenvalue weighted by atomic mass is 9.42. The van der Waals surface area contributed by atoms with E-state index in [1.54, 1.807) is 0 Å². The smallest absolute Gasteiger partial charge is 0.0955 e. The van der Waals surface area contributed by atoms with Crippen molar-refractivity contribution >= 4 is 0 Å². The summed E-state index contributed by atoms with van der Waals surface area (Å²) < 4.78 is 0. The summed E-state index contributed by atoms with van der Waals surface area (Å²) in [6, 6.07) is 0. The van der Waals surface area contributed by atoms with Gasteiger partial charge in [-0.15, -0.1) is 0 Å². The molecule has 1 unspecified atom stereocenters. The van der Waals surface area contributed by atoms with Gasteiger partial charge in [0.2, 0.25) is 0 Å². The summed E-state index contributed by atoms with van der Waals surface area (Å²) in [5.41, 5.74) is 0.529. The molecule has 4 rings (SSSR count). The van der Waals surface area contributed by atoms with Crippen LogP contribution in [-0.2, 0) is 4.89 Å². The zero-order chi connectivity index (χ0) is 12.3. The Morgan fingerprint density at radius 3 is 1.82 bits per heavy atom. The lowest BCUT2D eigenvalue weighted by Gasteiger charge is -2.63. The van der Waals surface area contributed by atoms with Crippen LogP contribution in [0, 0.1) is 28.6 Å². The summed E-state index contributed by atoms with van der Waals surface area (Å²) in [6.45, 7) is 6.64. The van der Waals surface area contributed by atoms with E-state index in [4.69, 9.17) is 10.1 Å². The molecule has 2 nitrogen and oxygen atoms in total. The van der Waals surface area contributed by atoms with E-state index in [1.165, 1.54) is 38.5 Å². The summed E-state index contributed by atoms with van der Waals surface area (Å²) in [5, 5.41) is 9.07. The van der Waals surface area contributed by atoms with Gasteiger partial charge in [0.25, 0.3) is 0 Å². The van der Waals surface area contributed by atoms with Crippen LogP contribution in [0.2, 0.25) is 0 Å². The molecule has 1 atom stereocenters. The molecule has 4 aliphatic carbocycles. The highest BCUT2D eigenvalue weighted by molar-refractivity contribution is 5.08. The molecule has 98 valence electrons. The van der Waals surface area contributed by atoms with Gasteiger partial charge in [-0.2, -0.15) is 0 Å². The standard InChI is InChI=1S/C15H26O2/c1-10(17-16)14(2,3)15-7-11-4-12(8-15)6-13(5-11)9-15/h10-13,16H,4-9H2,1-3H3. The van der Waals surface area contributed by atoms with E-state index in [-0.39, 0.29) is 11.5 Å². The first kappa shape index (κ1) is 12.0. The predicted octanol–water partition coefficient (Wildman–Crippen LogP) is 4.11. The highest BCUT2D eigenvalue weighted by Gasteiger charge is 2.58. The van der Waals surface area contributed by atoms with Gasteiger partial charge in [0.05, 0.1) is 6.10 Å². The predicted molar refractivity (Wildman–Crippen MR) is 67.6 cm³/mol. The van der Waals surface area contributed by atoms with Crippen molar-refractivity contribution in [2.75, 3.05) is 0 Å². The number of rotatable bonds is 3. The minimum absolute atomic E-state index is 0.0567. The Morgan fingerprint density at radius 2 is 1.47 bits per heavy atom. The Morgan fingerprint density at radius 1 is 1.06 bits per heavy atom. The Kier molecular flexibility index (Phi) is 2.61. The molecule has 0 aromatic carbocycles. The van der Waals surface area contributed by atoms with Crippen molar-refractivity contribution in [3.05, 3.63) is 0 Å². The molecule has 17 heavy (non-hydrogen) atoms. The lowest BCUT2D eigenvalue weighted by molar-refractivity contribution is -0.316. The van der Waals surface area contributed by atoms with E-state index in [0.717, 1.165) is 17.8 Å². The van der Waals surface area contributed by atoms with Crippen molar-refractivity contribution in [1.29, 1.82) is 0 Å². The lowest BCUT2D eigenvalue weighted by Crippen LogP contribution is -2.56. The maximum absolute atomic E-state index is 9.07. The molecule has 4 fully saturated rings. The molecular formula is C15H26O2. The minimum Gasteiger partial charge on any atom is -0.252 e. The molecule has 0 amide bonds. The van der Waals surface area contributed by atoms with Crippen LogP contribution in [0.25, 0.3) is 0 Å². The molecule has 4 bridgehead atoms. The van der Waals surface area contributed by atoms with Crippen molar-refractivity contribution in [2.45, 2.75) is 65.4 Å². The van der Waals surface area contributed by atoms with Gasteiger partial charge in [0.15, 0.2) is 0 Å². The summed E-state index contributed by atoms with van der Waals surface area (Å²) in [5.74, 6) is 2.89. The Hall–Kier alpha value is -0.0800. The third-order valence-electron chi connectivity index (χ3n) is 6.58. The van der Waals surface area contributed by atoms with Crippen molar-refractivity contribution < 1.29 is 10.1 Å². The Balaban J connectivity index is 1.91. The molecule has 0 aromatic rings. The maximum atomic E-state index is 9.07. The van der Waals surface area contributed by atoms with E-state index in [0.29, 0.717) is 5.41 Å². The molecule has 4 saturated carbocycles. The fraction of sp³-hybridized carbons (Fsp3) is 1.00. The van der Waals surface area contributed by atoms with Gasteiger partial charge in [-0.3, -0.25) is 5.26 Å². The first-order valence-corrected chi connectivity index (χ1v) is 7.27. The van der Waals surface area contributed by atoms with Crippen molar-refractivity contribution in [1.82, 2.24) is 0 Å². The second-order valence-electron chi connectivity index (χ2n) is 7.67. The summed E-state index contributed by atoms with van der Waals surface area (Å²) in [4.78, 5) is 4.70. The van der Waals surface area contributed by atoms with E-state index >= 15 is 0 Å². The van der Waals surface area contributed by atoms with E-state index in [2.05, 4.69) is 13.8 Å². The third kappa shape index (κ3) is 1.60. The van der Waals surface area contributed by atoms with Crippen LogP contribution >= 0.6 is 0 Å². The first-order valence-electron chi connectivity index (χ1n) is 7.27. The zero-order valence-electron chi connectivity index (χ0n) is 11.4. The molecule has 2 heteroatoms. The molecule has 0 spiro atoms. The van der Waals surface area contributed by atoms with Gasteiger partial charge in [0.1, 0.15) is 0 Å². The van der Waals surface area contributed by atoms with Gasteiger partial charge in [-0.05, 0) is 74.0 Å². The molecule has 1 N–H and O–H groups in total. The van der Waals surface area contributed by atoms with Crippen LogP contribution in [0.4, 0.5) is 0 Å². The molecule has 0 aliphatic heterocycles. The monoisotopic (exact) mass is 238 g/mol. The van der Waals surface area contributed by atoms with Crippen LogP contribution in [0.15, 0.2) is 0 Å². The summed E-state index contributed by atoms with van der Waals surface area (Å²) in [7, 11) is 0. The van der Waals surface area contributed by atoms with Gasteiger partial charge < -0.3 is 0 Å². The summed E-state index contributed by atoms with van der Waals surface area (Å²) >= 11 is 0. The van der Waals surface area contributed by atoms with Gasteiger partial charge in [-0.25, -0.2) is 4.89 Å². The second-order valence-corrected chi connectivity index (χ2v) is 7.67. The third-order valence-corrected chi connectivity index (χ3v) is 6.58. The fourth-order valence-electron chi connectivity index (χ4n) is 5.46. The normalized spacial score (nSPS) is 46.2. The van der Waals surface area contributed by atoms with Crippen LogP contribution < -0.4 is 0 Å². The van der Waals surface area contributed by atoms with Crippen LogP contribution in [0.5, 0.6) is 0 Å². The Bertz CT molecular complexity index is 273. The quantitative estimate of drug-likeness (QED) is 0.592. The van der Waals surface area contributed by atoms with Crippen LogP contribution in [0.3, 0.4) is 0 Å². The number of hydrogen-bond acceptors (Lipinski definition) is 2. The van der Waals surface area contributed by atoms with Crippen molar-refractivity contribution in [3.8, 4) is 0 Å². The molecular weight excluding hydrogens is 212 g/mol. The maximum Gasteiger partial charge on any atom is 0.0955 e. The number of hydrogen-bond donors (Lipinski definition) is 1. The average Bonchev–Trinajstić information content (AvgIpc) is 2.25. The molecule has 0 saturated heterocycles. The topological polar surface area (TPSA) is 29.5 Å². The summed E-state index contributed by atoms with van der Waals surface area (Å²) in [6.07, 6.45) is 8.50. The van der Waals surface area contributed by atoms with Crippen molar-refractivity contribution in [2.24, 2.45) is 28.6 Å². The average molecular weight is 238 g/mol. The molecule has 0 radical (unpaired) electrons. The largest absolute Gasteiger partial charge is 0.252 e. The fourth-order valence-corrected chi connectivity index (χ4v) is 5.46. The van der Waals surface area contributed by atoms with Gasteiger partial charge in [-0.1, -0.05) is 13.8 Å². The van der Waals surface area contributed by atoms with Crippen LogP contribution in [0.1, 0.15) is 59.3 Å². The first-order chi connectivity index (χ1) is 7.97. The highest BCUT2D eigenvalue weighted by Crippen LogP contribution is 2.66. The zero-order valence-corrected chi connectivity index (χ0v) is 11.4. The second kappa shape index (κ2) is 3.71. The van der Waals surface area contributed by atoms with E-state index < -0.39 is 0 Å². The van der Waals surface area contributed by atoms with Gasteiger partial charge in [0, 0.05) is 0 Å². The van der Waals surface area contributed by atoms with Crippen molar-refractivity contribution in [3.63, 3.8) is 0 Å². The molecule has 0 heterocycles. The van der Waals surface area contributed by atoms with E-state index in [1.807, 2.05) is 6.92 Å². The van der Waals surface area contributed by atoms with E-state index in [9.17, 15) is 0 Å².